The molecular formula is C15H19NO5. The van der Waals surface area contributed by atoms with Crippen LogP contribution in [0.5, 0.6) is 0 Å². The normalized spacial score (nSPS) is 17.5. The Balaban J connectivity index is 1.84. The van der Waals surface area contributed by atoms with Crippen molar-refractivity contribution in [3.8, 4) is 0 Å². The Bertz CT molecular complexity index is 482. The monoisotopic (exact) mass is 293 g/mol. The molecule has 114 valence electrons. The molecule has 0 bridgehead atoms. The van der Waals surface area contributed by atoms with Crippen LogP contribution in [0.2, 0.25) is 0 Å². The highest BCUT2D eigenvalue weighted by molar-refractivity contribution is 5.82. The van der Waals surface area contributed by atoms with Gasteiger partial charge < -0.3 is 19.8 Å². The number of nitrogens with zero attached hydrogens (tertiary/aromatic N) is 1. The van der Waals surface area contributed by atoms with Gasteiger partial charge in [0.25, 0.3) is 5.91 Å². The highest BCUT2D eigenvalue weighted by Gasteiger charge is 2.28. The molecule has 6 nitrogen and oxygen atoms in total. The molecule has 1 saturated heterocycles. The van der Waals surface area contributed by atoms with Crippen LogP contribution >= 0.6 is 0 Å². The first-order valence-corrected chi connectivity index (χ1v) is 6.93. The molecule has 0 spiro atoms. The fourth-order valence-electron chi connectivity index (χ4n) is 2.38. The van der Waals surface area contributed by atoms with Crippen LogP contribution in [0.1, 0.15) is 24.5 Å². The Kier molecular flexibility index (Phi) is 5.30. The number of rotatable bonds is 5. The molecule has 0 aliphatic carbocycles. The third-order valence-electron chi connectivity index (χ3n) is 3.55. The summed E-state index contributed by atoms with van der Waals surface area (Å²) in [6.45, 7) is 0.616. The van der Waals surface area contributed by atoms with Crippen LogP contribution < -0.4 is 0 Å². The molecule has 1 fully saturated rings. The zero-order chi connectivity index (χ0) is 15.2. The van der Waals surface area contributed by atoms with Crippen molar-refractivity contribution >= 4 is 11.9 Å². The van der Waals surface area contributed by atoms with Crippen molar-refractivity contribution in [2.45, 2.75) is 25.0 Å². The van der Waals surface area contributed by atoms with Crippen LogP contribution in [0.4, 0.5) is 0 Å². The maximum atomic E-state index is 12.2. The summed E-state index contributed by atoms with van der Waals surface area (Å²) in [6.07, 6.45) is -0.122. The lowest BCUT2D eigenvalue weighted by Crippen LogP contribution is -2.43. The number of aliphatic carboxylic acids is 1. The van der Waals surface area contributed by atoms with E-state index in [0.717, 1.165) is 0 Å². The molecule has 1 unspecified atom stereocenters. The number of hydrogen-bond donors (Lipinski definition) is 2. The number of carbonyl (C=O) groups is 2. The van der Waals surface area contributed by atoms with E-state index in [2.05, 4.69) is 0 Å². The number of piperidine rings is 1. The van der Waals surface area contributed by atoms with Gasteiger partial charge in [0.1, 0.15) is 6.61 Å². The van der Waals surface area contributed by atoms with E-state index in [1.807, 2.05) is 6.07 Å². The number of likely N-dealkylation sites (tertiary alicyclic amines) is 1. The Labute approximate surface area is 122 Å². The number of hydrogen-bond acceptors (Lipinski definition) is 4. The first kappa shape index (κ1) is 15.5. The predicted octanol–water partition coefficient (Wildman–Crippen LogP) is 0.812. The average Bonchev–Trinajstić information content (AvgIpc) is 2.53. The van der Waals surface area contributed by atoms with Gasteiger partial charge in [0.15, 0.2) is 6.10 Å². The standard InChI is InChI=1S/C15H19NO5/c17-13(18)10-21-12-6-8-16(9-7-12)15(20)14(19)11-4-2-1-3-5-11/h1-5,12,14,19H,6-10H2,(H,17,18). The molecule has 1 atom stereocenters. The summed E-state index contributed by atoms with van der Waals surface area (Å²) in [7, 11) is 0. The van der Waals surface area contributed by atoms with E-state index in [9.17, 15) is 14.7 Å². The van der Waals surface area contributed by atoms with Crippen LogP contribution in [0.15, 0.2) is 30.3 Å². The lowest BCUT2D eigenvalue weighted by Gasteiger charge is -2.33. The van der Waals surface area contributed by atoms with Crippen molar-refractivity contribution in [1.29, 1.82) is 0 Å². The fourth-order valence-corrected chi connectivity index (χ4v) is 2.38. The minimum absolute atomic E-state index is 0.140. The highest BCUT2D eigenvalue weighted by Crippen LogP contribution is 2.20. The summed E-state index contributed by atoms with van der Waals surface area (Å²) < 4.78 is 5.22. The van der Waals surface area contributed by atoms with Gasteiger partial charge in [-0.25, -0.2) is 4.79 Å². The lowest BCUT2D eigenvalue weighted by molar-refractivity contribution is -0.149. The number of aliphatic hydroxyl groups is 1. The SMILES string of the molecule is O=C(O)COC1CCN(C(=O)C(O)c2ccccc2)CC1. The first-order chi connectivity index (χ1) is 10.1. The molecule has 6 heteroatoms. The molecule has 0 radical (unpaired) electrons. The number of ether oxygens (including phenoxy) is 1. The number of amides is 1. The Morgan fingerprint density at radius 1 is 1.24 bits per heavy atom. The fraction of sp³-hybridized carbons (Fsp3) is 0.467. The van der Waals surface area contributed by atoms with Crippen LogP contribution in [0, 0.1) is 0 Å². The van der Waals surface area contributed by atoms with E-state index >= 15 is 0 Å². The number of carboxylic acid groups (broad SMARTS) is 1. The molecule has 0 saturated carbocycles. The molecule has 1 amide bonds. The smallest absolute Gasteiger partial charge is 0.329 e. The van der Waals surface area contributed by atoms with Gasteiger partial charge in [0.05, 0.1) is 6.10 Å². The third-order valence-corrected chi connectivity index (χ3v) is 3.55. The molecule has 1 heterocycles. The first-order valence-electron chi connectivity index (χ1n) is 6.93. The summed E-state index contributed by atoms with van der Waals surface area (Å²) >= 11 is 0. The second-order valence-corrected chi connectivity index (χ2v) is 5.04. The molecule has 1 aliphatic heterocycles. The number of benzene rings is 1. The van der Waals surface area contributed by atoms with Crippen molar-refractivity contribution < 1.29 is 24.5 Å². The molecular weight excluding hydrogens is 274 g/mol. The Morgan fingerprint density at radius 2 is 1.86 bits per heavy atom. The Hall–Kier alpha value is -1.92. The van der Waals surface area contributed by atoms with Gasteiger partial charge in [-0.2, -0.15) is 0 Å². The van der Waals surface area contributed by atoms with Crippen LogP contribution in [0.25, 0.3) is 0 Å². The van der Waals surface area contributed by atoms with E-state index in [1.54, 1.807) is 29.2 Å². The number of carbonyl (C=O) groups excluding carboxylic acids is 1. The highest BCUT2D eigenvalue weighted by atomic mass is 16.5. The average molecular weight is 293 g/mol. The van der Waals surface area contributed by atoms with E-state index in [-0.39, 0.29) is 18.6 Å². The van der Waals surface area contributed by atoms with E-state index in [0.29, 0.717) is 31.5 Å². The van der Waals surface area contributed by atoms with Crippen molar-refractivity contribution in [2.75, 3.05) is 19.7 Å². The van der Waals surface area contributed by atoms with Gasteiger partial charge in [-0.05, 0) is 18.4 Å². The topological polar surface area (TPSA) is 87.1 Å². The molecule has 1 aromatic rings. The van der Waals surface area contributed by atoms with Crippen LogP contribution in [-0.2, 0) is 14.3 Å². The summed E-state index contributed by atoms with van der Waals surface area (Å²) in [6, 6.07) is 8.80. The summed E-state index contributed by atoms with van der Waals surface area (Å²) in [4.78, 5) is 24.2. The third kappa shape index (κ3) is 4.27. The molecule has 1 aromatic carbocycles. The van der Waals surface area contributed by atoms with Gasteiger partial charge in [0.2, 0.25) is 0 Å². The zero-order valence-corrected chi connectivity index (χ0v) is 11.6. The second-order valence-electron chi connectivity index (χ2n) is 5.04. The molecule has 1 aliphatic rings. The second kappa shape index (κ2) is 7.19. The van der Waals surface area contributed by atoms with Crippen molar-refractivity contribution in [1.82, 2.24) is 4.90 Å². The van der Waals surface area contributed by atoms with E-state index < -0.39 is 12.1 Å². The minimum Gasteiger partial charge on any atom is -0.480 e. The summed E-state index contributed by atoms with van der Waals surface area (Å²) in [5.74, 6) is -1.31. The maximum absolute atomic E-state index is 12.2. The van der Waals surface area contributed by atoms with Gasteiger partial charge in [-0.3, -0.25) is 4.79 Å². The molecule has 2 rings (SSSR count). The van der Waals surface area contributed by atoms with Crippen LogP contribution in [0.3, 0.4) is 0 Å². The van der Waals surface area contributed by atoms with Crippen molar-refractivity contribution in [3.05, 3.63) is 35.9 Å². The molecule has 21 heavy (non-hydrogen) atoms. The number of carboxylic acids is 1. The largest absolute Gasteiger partial charge is 0.480 e. The van der Waals surface area contributed by atoms with E-state index in [1.165, 1.54) is 0 Å². The molecule has 0 aromatic heterocycles. The van der Waals surface area contributed by atoms with Crippen molar-refractivity contribution in [2.24, 2.45) is 0 Å². The van der Waals surface area contributed by atoms with Crippen LogP contribution in [-0.4, -0.2) is 52.8 Å². The predicted molar refractivity (Wildman–Crippen MR) is 74.6 cm³/mol. The van der Waals surface area contributed by atoms with Crippen molar-refractivity contribution in [3.63, 3.8) is 0 Å². The van der Waals surface area contributed by atoms with Gasteiger partial charge in [-0.1, -0.05) is 30.3 Å². The lowest BCUT2D eigenvalue weighted by atomic mass is 10.0. The summed E-state index contributed by atoms with van der Waals surface area (Å²) in [5, 5.41) is 18.6. The van der Waals surface area contributed by atoms with E-state index in [4.69, 9.17) is 9.84 Å². The minimum atomic E-state index is -1.15. The van der Waals surface area contributed by atoms with Gasteiger partial charge in [0, 0.05) is 13.1 Å². The van der Waals surface area contributed by atoms with Gasteiger partial charge in [-0.15, -0.1) is 0 Å². The maximum Gasteiger partial charge on any atom is 0.329 e. The quantitative estimate of drug-likeness (QED) is 0.839. The zero-order valence-electron chi connectivity index (χ0n) is 11.6. The molecule has 2 N–H and O–H groups in total. The number of aliphatic hydroxyl groups excluding tert-OH is 1. The van der Waals surface area contributed by atoms with Gasteiger partial charge >= 0.3 is 5.97 Å². The Morgan fingerprint density at radius 3 is 2.43 bits per heavy atom. The summed E-state index contributed by atoms with van der Waals surface area (Å²) in [5.41, 5.74) is 0.576.